The van der Waals surface area contributed by atoms with E-state index in [1.807, 2.05) is 0 Å². The molecule has 0 bridgehead atoms. The number of hydrogen-bond donors (Lipinski definition) is 2. The summed E-state index contributed by atoms with van der Waals surface area (Å²) in [5.74, 6) is 0.544. The van der Waals surface area contributed by atoms with Gasteiger partial charge in [-0.25, -0.2) is 14.8 Å². The molecular formula is C23H23N5O4S. The van der Waals surface area contributed by atoms with E-state index in [4.69, 9.17) is 0 Å². The number of aromatic amines is 1. The van der Waals surface area contributed by atoms with Gasteiger partial charge in [0.2, 0.25) is 5.91 Å². The highest BCUT2D eigenvalue weighted by Gasteiger charge is 2.33. The molecule has 2 heterocycles. The number of anilines is 1. The van der Waals surface area contributed by atoms with Crippen LogP contribution in [0.4, 0.5) is 5.69 Å². The second-order valence-electron chi connectivity index (χ2n) is 8.60. The van der Waals surface area contributed by atoms with E-state index in [-0.39, 0.29) is 29.0 Å². The highest BCUT2D eigenvalue weighted by Crippen LogP contribution is 2.41. The van der Waals surface area contributed by atoms with Crippen LogP contribution in [0.1, 0.15) is 67.7 Å². The van der Waals surface area contributed by atoms with Gasteiger partial charge in [-0.1, -0.05) is 11.8 Å². The number of carbonyl (C=O) groups is 2. The standard InChI is InChI=1S/C23H23N5O4S/c1-11(18(30)13-5-7-15(8-6-13)24-12(2)29)33-22-17-20(25-19(26-22)14-3-4-14)28(16-9-10-16)23(32)27-21(17)31/h5-8,11,14,16H,3-4,9-10H2,1-2H3,(H,24,29)(H,27,31,32). The average Bonchev–Trinajstić information content (AvgIpc) is 3.66. The minimum atomic E-state index is -0.531. The molecule has 2 N–H and O–H groups in total. The molecular weight excluding hydrogens is 442 g/mol. The summed E-state index contributed by atoms with van der Waals surface area (Å²) in [6.07, 6.45) is 3.69. The summed E-state index contributed by atoms with van der Waals surface area (Å²) in [5.41, 5.74) is 0.490. The van der Waals surface area contributed by atoms with E-state index in [9.17, 15) is 19.2 Å². The predicted molar refractivity (Wildman–Crippen MR) is 125 cm³/mol. The molecule has 0 spiro atoms. The van der Waals surface area contributed by atoms with Crippen LogP contribution in [0.5, 0.6) is 0 Å². The third-order valence-corrected chi connectivity index (χ3v) is 6.86. The van der Waals surface area contributed by atoms with Crippen molar-refractivity contribution in [1.82, 2.24) is 19.5 Å². The van der Waals surface area contributed by atoms with Gasteiger partial charge in [-0.15, -0.1) is 0 Å². The molecule has 3 aromatic rings. The SMILES string of the molecule is CC(=O)Nc1ccc(C(=O)C(C)Sc2nc(C3CC3)nc3c2c(=O)[nH]c(=O)n3C2CC2)cc1. The molecule has 2 aliphatic rings. The Balaban J connectivity index is 1.51. The molecule has 2 aliphatic carbocycles. The number of Topliss-reactive ketones (excluding diaryl/α,β-unsaturated/α-hetero) is 1. The molecule has 170 valence electrons. The highest BCUT2D eigenvalue weighted by atomic mass is 32.2. The third kappa shape index (κ3) is 4.35. The number of hydrogen-bond acceptors (Lipinski definition) is 7. The molecule has 1 unspecified atom stereocenters. The van der Waals surface area contributed by atoms with E-state index in [1.165, 1.54) is 18.7 Å². The third-order valence-electron chi connectivity index (χ3n) is 5.77. The largest absolute Gasteiger partial charge is 0.330 e. The predicted octanol–water partition coefficient (Wildman–Crippen LogP) is 3.01. The van der Waals surface area contributed by atoms with Crippen molar-refractivity contribution in [1.29, 1.82) is 0 Å². The van der Waals surface area contributed by atoms with Crippen molar-refractivity contribution in [3.05, 3.63) is 56.5 Å². The van der Waals surface area contributed by atoms with E-state index >= 15 is 0 Å². The Hall–Kier alpha value is -3.27. The number of H-pyrrole nitrogens is 1. The zero-order valence-electron chi connectivity index (χ0n) is 18.3. The first-order valence-corrected chi connectivity index (χ1v) is 11.8. The first-order chi connectivity index (χ1) is 15.8. The minimum absolute atomic E-state index is 0.0397. The van der Waals surface area contributed by atoms with Crippen LogP contribution in [-0.2, 0) is 4.79 Å². The van der Waals surface area contributed by atoms with Crippen molar-refractivity contribution < 1.29 is 9.59 Å². The quantitative estimate of drug-likeness (QED) is 0.312. The van der Waals surface area contributed by atoms with Crippen LogP contribution in [0.25, 0.3) is 11.0 Å². The lowest BCUT2D eigenvalue weighted by Crippen LogP contribution is -2.31. The van der Waals surface area contributed by atoms with Crippen LogP contribution in [0.3, 0.4) is 0 Å². The van der Waals surface area contributed by atoms with Gasteiger partial charge in [-0.2, -0.15) is 0 Å². The number of benzene rings is 1. The Labute approximate surface area is 193 Å². The highest BCUT2D eigenvalue weighted by molar-refractivity contribution is 8.00. The summed E-state index contributed by atoms with van der Waals surface area (Å²) < 4.78 is 1.57. The zero-order chi connectivity index (χ0) is 23.3. The van der Waals surface area contributed by atoms with E-state index in [1.54, 1.807) is 35.8 Å². The summed E-state index contributed by atoms with van der Waals surface area (Å²) in [4.78, 5) is 61.3. The van der Waals surface area contributed by atoms with Crippen molar-refractivity contribution in [2.45, 2.75) is 61.8 Å². The molecule has 1 amide bonds. The Morgan fingerprint density at radius 1 is 1.12 bits per heavy atom. The van der Waals surface area contributed by atoms with Gasteiger partial charge < -0.3 is 5.32 Å². The second kappa shape index (κ2) is 8.26. The molecule has 0 saturated heterocycles. The van der Waals surface area contributed by atoms with Gasteiger partial charge in [0.25, 0.3) is 5.56 Å². The van der Waals surface area contributed by atoms with E-state index in [0.29, 0.717) is 27.7 Å². The van der Waals surface area contributed by atoms with Gasteiger partial charge in [0, 0.05) is 30.1 Å². The van der Waals surface area contributed by atoms with Crippen molar-refractivity contribution in [2.75, 3.05) is 5.32 Å². The maximum atomic E-state index is 13.1. The number of nitrogens with one attached hydrogen (secondary N) is 2. The summed E-state index contributed by atoms with van der Waals surface area (Å²) in [6.45, 7) is 3.19. The fourth-order valence-electron chi connectivity index (χ4n) is 3.79. The molecule has 9 nitrogen and oxygen atoms in total. The molecule has 5 rings (SSSR count). The molecule has 1 aromatic carbocycles. The lowest BCUT2D eigenvalue weighted by Gasteiger charge is -2.14. The van der Waals surface area contributed by atoms with E-state index in [2.05, 4.69) is 20.3 Å². The van der Waals surface area contributed by atoms with Gasteiger partial charge in [0.15, 0.2) is 11.4 Å². The van der Waals surface area contributed by atoms with Gasteiger partial charge in [0.1, 0.15) is 16.2 Å². The smallest absolute Gasteiger partial charge is 0.326 e. The van der Waals surface area contributed by atoms with Crippen LogP contribution in [0.15, 0.2) is 38.9 Å². The van der Waals surface area contributed by atoms with Gasteiger partial charge in [-0.3, -0.25) is 23.9 Å². The molecule has 1 atom stereocenters. The Kier molecular flexibility index (Phi) is 5.40. The topological polar surface area (TPSA) is 127 Å². The first kappa shape index (κ1) is 21.6. The van der Waals surface area contributed by atoms with Crippen molar-refractivity contribution in [2.24, 2.45) is 0 Å². The van der Waals surface area contributed by atoms with Crippen LogP contribution < -0.4 is 16.6 Å². The molecule has 2 fully saturated rings. The molecule has 0 aliphatic heterocycles. The van der Waals surface area contributed by atoms with Crippen LogP contribution >= 0.6 is 11.8 Å². The number of ketones is 1. The molecule has 33 heavy (non-hydrogen) atoms. The number of thioether (sulfide) groups is 1. The van der Waals surface area contributed by atoms with E-state index in [0.717, 1.165) is 25.7 Å². The number of aromatic nitrogens is 4. The van der Waals surface area contributed by atoms with Crippen LogP contribution in [0, 0.1) is 0 Å². The second-order valence-corrected chi connectivity index (χ2v) is 9.93. The van der Waals surface area contributed by atoms with Crippen molar-refractivity contribution in [3.63, 3.8) is 0 Å². The molecule has 10 heteroatoms. The van der Waals surface area contributed by atoms with Gasteiger partial charge >= 0.3 is 5.69 Å². The fraction of sp³-hybridized carbons (Fsp3) is 0.391. The number of nitrogens with zero attached hydrogens (tertiary/aromatic N) is 3. The Morgan fingerprint density at radius 3 is 2.42 bits per heavy atom. The Bertz CT molecular complexity index is 1390. The van der Waals surface area contributed by atoms with Crippen molar-refractivity contribution in [3.8, 4) is 0 Å². The lowest BCUT2D eigenvalue weighted by atomic mass is 10.1. The summed E-state index contributed by atoms with van der Waals surface area (Å²) >= 11 is 1.21. The summed E-state index contributed by atoms with van der Waals surface area (Å²) in [5, 5.41) is 2.83. The number of amides is 1. The molecule has 0 radical (unpaired) electrons. The monoisotopic (exact) mass is 465 g/mol. The normalized spacial score (nSPS) is 16.5. The Morgan fingerprint density at radius 2 is 1.82 bits per heavy atom. The first-order valence-electron chi connectivity index (χ1n) is 11.0. The maximum Gasteiger partial charge on any atom is 0.330 e. The van der Waals surface area contributed by atoms with Crippen LogP contribution in [0.2, 0.25) is 0 Å². The van der Waals surface area contributed by atoms with Crippen LogP contribution in [-0.4, -0.2) is 36.5 Å². The van der Waals surface area contributed by atoms with E-state index < -0.39 is 16.5 Å². The summed E-state index contributed by atoms with van der Waals surface area (Å²) in [6, 6.07) is 6.72. The zero-order valence-corrected chi connectivity index (χ0v) is 19.1. The van der Waals surface area contributed by atoms with Crippen molar-refractivity contribution >= 4 is 40.2 Å². The molecule has 2 aromatic heterocycles. The molecule has 2 saturated carbocycles. The number of rotatable bonds is 7. The van der Waals surface area contributed by atoms with Gasteiger partial charge in [-0.05, 0) is 56.9 Å². The maximum absolute atomic E-state index is 13.1. The lowest BCUT2D eigenvalue weighted by molar-refractivity contribution is -0.114. The van der Waals surface area contributed by atoms with Gasteiger partial charge in [0.05, 0.1) is 5.25 Å². The minimum Gasteiger partial charge on any atom is -0.326 e. The number of carbonyl (C=O) groups excluding carboxylic acids is 2. The fourth-order valence-corrected chi connectivity index (χ4v) is 4.82. The summed E-state index contributed by atoms with van der Waals surface area (Å²) in [7, 11) is 0. The number of fused-ring (bicyclic) bond motifs is 1. The average molecular weight is 466 g/mol.